The summed E-state index contributed by atoms with van der Waals surface area (Å²) in [5.41, 5.74) is 6.21. The Balaban J connectivity index is 2.27. The van der Waals surface area contributed by atoms with Crippen molar-refractivity contribution in [3.8, 4) is 0 Å². The maximum Gasteiger partial charge on any atom is 0.220 e. The second-order valence-corrected chi connectivity index (χ2v) is 4.14. The van der Waals surface area contributed by atoms with E-state index < -0.39 is 18.1 Å². The van der Waals surface area contributed by atoms with Crippen molar-refractivity contribution in [1.82, 2.24) is 4.98 Å². The largest absolute Gasteiger partial charge is 0.390 e. The number of aromatic nitrogens is 1. The predicted molar refractivity (Wildman–Crippen MR) is 66.5 cm³/mol. The number of pyridine rings is 1. The zero-order valence-electron chi connectivity index (χ0n) is 9.65. The van der Waals surface area contributed by atoms with Gasteiger partial charge in [0.05, 0.1) is 18.0 Å². The molecule has 0 aliphatic carbocycles. The van der Waals surface area contributed by atoms with Gasteiger partial charge in [-0.05, 0) is 17.7 Å². The number of hydrogen-bond acceptors (Lipinski definition) is 4. The molecule has 1 aromatic carbocycles. The second kappa shape index (κ2) is 5.12. The van der Waals surface area contributed by atoms with Gasteiger partial charge in [0.15, 0.2) is 0 Å². The molecular formula is C13H14N2O3. The van der Waals surface area contributed by atoms with E-state index in [0.29, 0.717) is 5.56 Å². The van der Waals surface area contributed by atoms with Crippen LogP contribution in [0.5, 0.6) is 0 Å². The van der Waals surface area contributed by atoms with E-state index in [9.17, 15) is 15.0 Å². The molecule has 2 atom stereocenters. The van der Waals surface area contributed by atoms with E-state index in [4.69, 9.17) is 5.73 Å². The van der Waals surface area contributed by atoms with Crippen molar-refractivity contribution < 1.29 is 15.0 Å². The molecule has 2 unspecified atom stereocenters. The summed E-state index contributed by atoms with van der Waals surface area (Å²) in [5.74, 6) is -0.652. The minimum atomic E-state index is -1.20. The van der Waals surface area contributed by atoms with Crippen LogP contribution < -0.4 is 5.73 Å². The third-order valence-corrected chi connectivity index (χ3v) is 2.75. The van der Waals surface area contributed by atoms with Crippen molar-refractivity contribution in [3.05, 3.63) is 42.1 Å². The molecule has 0 saturated heterocycles. The molecule has 0 aliphatic rings. The Morgan fingerprint density at radius 3 is 2.83 bits per heavy atom. The number of benzene rings is 1. The first-order chi connectivity index (χ1) is 8.58. The van der Waals surface area contributed by atoms with E-state index in [1.54, 1.807) is 24.4 Å². The Kier molecular flexibility index (Phi) is 3.55. The Morgan fingerprint density at radius 1 is 1.33 bits per heavy atom. The minimum absolute atomic E-state index is 0.276. The molecule has 5 nitrogen and oxygen atoms in total. The number of hydrogen-bond donors (Lipinski definition) is 3. The zero-order chi connectivity index (χ0) is 13.1. The minimum Gasteiger partial charge on any atom is -0.390 e. The van der Waals surface area contributed by atoms with E-state index >= 15 is 0 Å². The second-order valence-electron chi connectivity index (χ2n) is 4.14. The topological polar surface area (TPSA) is 96.4 Å². The highest BCUT2D eigenvalue weighted by Crippen LogP contribution is 2.22. The highest BCUT2D eigenvalue weighted by atomic mass is 16.3. The molecule has 1 aromatic heterocycles. The Bertz CT molecular complexity index is 571. The van der Waals surface area contributed by atoms with Crippen molar-refractivity contribution >= 4 is 16.8 Å². The molecule has 94 valence electrons. The van der Waals surface area contributed by atoms with E-state index in [1.807, 2.05) is 12.1 Å². The molecule has 18 heavy (non-hydrogen) atoms. The highest BCUT2D eigenvalue weighted by molar-refractivity contribution is 5.79. The summed E-state index contributed by atoms with van der Waals surface area (Å²) in [6.07, 6.45) is -0.979. The fraction of sp³-hybridized carbons (Fsp3) is 0.231. The lowest BCUT2D eigenvalue weighted by molar-refractivity contribution is -0.121. The zero-order valence-corrected chi connectivity index (χ0v) is 9.65. The number of primary amides is 1. The van der Waals surface area contributed by atoms with Crippen molar-refractivity contribution in [1.29, 1.82) is 0 Å². The molecule has 0 bridgehead atoms. The van der Waals surface area contributed by atoms with Crippen LogP contribution in [0.15, 0.2) is 36.5 Å². The maximum absolute atomic E-state index is 10.7. The van der Waals surface area contributed by atoms with Gasteiger partial charge in [-0.2, -0.15) is 0 Å². The summed E-state index contributed by atoms with van der Waals surface area (Å²) in [7, 11) is 0. The molecule has 0 saturated carbocycles. The lowest BCUT2D eigenvalue weighted by Gasteiger charge is -2.17. The van der Waals surface area contributed by atoms with Gasteiger partial charge >= 0.3 is 0 Å². The molecule has 0 aliphatic heterocycles. The van der Waals surface area contributed by atoms with Gasteiger partial charge in [0.1, 0.15) is 6.10 Å². The average molecular weight is 246 g/mol. The van der Waals surface area contributed by atoms with Gasteiger partial charge in [-0.15, -0.1) is 0 Å². The van der Waals surface area contributed by atoms with Gasteiger partial charge in [0.2, 0.25) is 5.91 Å². The van der Waals surface area contributed by atoms with Gasteiger partial charge in [0, 0.05) is 11.6 Å². The average Bonchev–Trinajstić information content (AvgIpc) is 2.36. The fourth-order valence-electron chi connectivity index (χ4n) is 1.81. The lowest BCUT2D eigenvalue weighted by Crippen LogP contribution is -2.25. The summed E-state index contributed by atoms with van der Waals surface area (Å²) in [4.78, 5) is 14.9. The van der Waals surface area contributed by atoms with Crippen molar-refractivity contribution in [3.63, 3.8) is 0 Å². The van der Waals surface area contributed by atoms with Gasteiger partial charge < -0.3 is 15.9 Å². The molecular weight excluding hydrogens is 232 g/mol. The molecule has 5 heteroatoms. The summed E-state index contributed by atoms with van der Waals surface area (Å²) >= 11 is 0. The first-order valence-corrected chi connectivity index (χ1v) is 5.57. The number of carbonyl (C=O) groups excluding carboxylic acids is 1. The number of amides is 1. The standard InChI is InChI=1S/C13H14N2O3/c14-12(17)7-11(16)13(18)9-4-3-8-2-1-5-15-10(8)6-9/h1-6,11,13,16,18H,7H2,(H2,14,17). The fourth-order valence-corrected chi connectivity index (χ4v) is 1.81. The number of aliphatic hydroxyl groups excluding tert-OH is 2. The third-order valence-electron chi connectivity index (χ3n) is 2.75. The molecule has 1 amide bonds. The lowest BCUT2D eigenvalue weighted by atomic mass is 10.0. The van der Waals surface area contributed by atoms with Crippen LogP contribution in [-0.2, 0) is 4.79 Å². The van der Waals surface area contributed by atoms with Gasteiger partial charge in [-0.25, -0.2) is 0 Å². The number of nitrogens with two attached hydrogens (primary N) is 1. The molecule has 0 fully saturated rings. The predicted octanol–water partition coefficient (Wildman–Crippen LogP) is 0.504. The van der Waals surface area contributed by atoms with E-state index in [-0.39, 0.29) is 6.42 Å². The molecule has 4 N–H and O–H groups in total. The summed E-state index contributed by atoms with van der Waals surface area (Å²) in [6.45, 7) is 0. The van der Waals surface area contributed by atoms with E-state index in [1.165, 1.54) is 0 Å². The molecule has 0 spiro atoms. The van der Waals surface area contributed by atoms with Gasteiger partial charge in [-0.3, -0.25) is 9.78 Å². The summed E-state index contributed by atoms with van der Waals surface area (Å²) in [6, 6.07) is 8.90. The van der Waals surface area contributed by atoms with E-state index in [2.05, 4.69) is 4.98 Å². The smallest absolute Gasteiger partial charge is 0.220 e. The number of carbonyl (C=O) groups is 1. The van der Waals surface area contributed by atoms with Crippen molar-refractivity contribution in [2.45, 2.75) is 18.6 Å². The Morgan fingerprint density at radius 2 is 2.11 bits per heavy atom. The Hall–Kier alpha value is -1.98. The third kappa shape index (κ3) is 2.64. The van der Waals surface area contributed by atoms with E-state index in [0.717, 1.165) is 10.9 Å². The monoisotopic (exact) mass is 246 g/mol. The van der Waals surface area contributed by atoms with Crippen LogP contribution >= 0.6 is 0 Å². The molecule has 2 aromatic rings. The molecule has 2 rings (SSSR count). The number of aliphatic hydroxyl groups is 2. The van der Waals surface area contributed by atoms with Crippen LogP contribution in [0.25, 0.3) is 10.9 Å². The van der Waals surface area contributed by atoms with Crippen LogP contribution in [0.1, 0.15) is 18.1 Å². The highest BCUT2D eigenvalue weighted by Gasteiger charge is 2.20. The van der Waals surface area contributed by atoms with Crippen LogP contribution in [0.3, 0.4) is 0 Å². The van der Waals surface area contributed by atoms with Crippen LogP contribution in [0, 0.1) is 0 Å². The summed E-state index contributed by atoms with van der Waals surface area (Å²) < 4.78 is 0. The van der Waals surface area contributed by atoms with Crippen LogP contribution in [0.2, 0.25) is 0 Å². The first kappa shape index (κ1) is 12.5. The molecule has 0 radical (unpaired) electrons. The van der Waals surface area contributed by atoms with Crippen LogP contribution in [0.4, 0.5) is 0 Å². The number of nitrogens with zero attached hydrogens (tertiary/aromatic N) is 1. The number of rotatable bonds is 4. The quantitative estimate of drug-likeness (QED) is 0.732. The van der Waals surface area contributed by atoms with Crippen LogP contribution in [-0.4, -0.2) is 27.2 Å². The molecule has 1 heterocycles. The number of fused-ring (bicyclic) bond motifs is 1. The van der Waals surface area contributed by atoms with Gasteiger partial charge in [-0.1, -0.05) is 18.2 Å². The van der Waals surface area contributed by atoms with Gasteiger partial charge in [0.25, 0.3) is 0 Å². The van der Waals surface area contributed by atoms with Crippen molar-refractivity contribution in [2.24, 2.45) is 5.73 Å². The SMILES string of the molecule is NC(=O)CC(O)C(O)c1ccc2cccnc2c1. The Labute approximate surface area is 104 Å². The summed E-state index contributed by atoms with van der Waals surface area (Å²) in [5, 5.41) is 20.5. The van der Waals surface area contributed by atoms with Crippen molar-refractivity contribution in [2.75, 3.05) is 0 Å². The maximum atomic E-state index is 10.7. The first-order valence-electron chi connectivity index (χ1n) is 5.57. The normalized spacial score (nSPS) is 14.3.